The molecule has 9 nitrogen and oxygen atoms in total. The van der Waals surface area contributed by atoms with Crippen LogP contribution in [0.4, 0.5) is 5.69 Å². The van der Waals surface area contributed by atoms with Gasteiger partial charge < -0.3 is 24.5 Å². The van der Waals surface area contributed by atoms with E-state index in [0.29, 0.717) is 40.2 Å². The first-order valence-electron chi connectivity index (χ1n) is 10.7. The number of rotatable bonds is 10. The third-order valence-corrected chi connectivity index (χ3v) is 5.98. The second-order valence-electron chi connectivity index (χ2n) is 7.30. The molecule has 0 aliphatic rings. The molecule has 4 aromatic rings. The molecule has 2 aromatic carbocycles. The number of furan rings is 1. The molecule has 0 unspecified atom stereocenters. The van der Waals surface area contributed by atoms with Crippen LogP contribution >= 0.6 is 11.8 Å². The Morgan fingerprint density at radius 1 is 1.09 bits per heavy atom. The fourth-order valence-corrected chi connectivity index (χ4v) is 4.06. The maximum atomic E-state index is 12.6. The summed E-state index contributed by atoms with van der Waals surface area (Å²) < 4.78 is 17.6. The lowest BCUT2D eigenvalue weighted by molar-refractivity contribution is -0.113. The zero-order valence-corrected chi connectivity index (χ0v) is 20.0. The van der Waals surface area contributed by atoms with Crippen LogP contribution in [0.2, 0.25) is 0 Å². The fraction of sp³-hybridized carbons (Fsp3) is 0.160. The molecule has 180 valence electrons. The molecule has 0 saturated heterocycles. The number of anilines is 1. The number of benzene rings is 2. The number of methoxy groups -OCH3 is 2. The molecule has 35 heavy (non-hydrogen) atoms. The molecule has 0 radical (unpaired) electrons. The van der Waals surface area contributed by atoms with Gasteiger partial charge in [-0.1, -0.05) is 17.8 Å². The van der Waals surface area contributed by atoms with Crippen molar-refractivity contribution in [2.45, 2.75) is 11.7 Å². The molecule has 0 atom stereocenters. The predicted molar refractivity (Wildman–Crippen MR) is 132 cm³/mol. The number of amides is 2. The van der Waals surface area contributed by atoms with E-state index in [0.717, 1.165) is 5.69 Å². The third-order valence-electron chi connectivity index (χ3n) is 5.01. The molecule has 0 aliphatic carbocycles. The Labute approximate surface area is 206 Å². The number of nitrogens with one attached hydrogen (secondary N) is 2. The van der Waals surface area contributed by atoms with E-state index < -0.39 is 0 Å². The highest BCUT2D eigenvalue weighted by Crippen LogP contribution is 2.29. The Kier molecular flexibility index (Phi) is 7.74. The van der Waals surface area contributed by atoms with Crippen molar-refractivity contribution >= 4 is 29.3 Å². The summed E-state index contributed by atoms with van der Waals surface area (Å²) in [5.74, 6) is 1.52. The van der Waals surface area contributed by atoms with E-state index in [9.17, 15) is 9.59 Å². The minimum Gasteiger partial charge on any atom is -0.497 e. The molecule has 2 amide bonds. The summed E-state index contributed by atoms with van der Waals surface area (Å²) in [6, 6.07) is 15.9. The maximum absolute atomic E-state index is 12.6. The first-order chi connectivity index (χ1) is 17.1. The topological polar surface area (TPSA) is 108 Å². The van der Waals surface area contributed by atoms with E-state index in [4.69, 9.17) is 13.9 Å². The summed E-state index contributed by atoms with van der Waals surface area (Å²) in [6.45, 7) is 0.302. The average Bonchev–Trinajstić information content (AvgIpc) is 3.58. The van der Waals surface area contributed by atoms with Crippen molar-refractivity contribution in [3.05, 3.63) is 84.6 Å². The van der Waals surface area contributed by atoms with Crippen LogP contribution in [0.15, 0.2) is 82.8 Å². The monoisotopic (exact) mass is 492 g/mol. The number of carbonyl (C=O) groups is 2. The van der Waals surface area contributed by atoms with Crippen molar-refractivity contribution in [1.82, 2.24) is 14.9 Å². The number of imidazole rings is 1. The van der Waals surface area contributed by atoms with Gasteiger partial charge in [0.15, 0.2) is 5.16 Å². The number of ether oxygens (including phenoxy) is 2. The largest absolute Gasteiger partial charge is 0.497 e. The average molecular weight is 493 g/mol. The molecule has 0 aliphatic heterocycles. The number of thioether (sulfide) groups is 1. The summed E-state index contributed by atoms with van der Waals surface area (Å²) >= 11 is 1.28. The highest BCUT2D eigenvalue weighted by Gasteiger charge is 2.14. The van der Waals surface area contributed by atoms with E-state index in [1.54, 1.807) is 74.3 Å². The zero-order chi connectivity index (χ0) is 24.6. The Morgan fingerprint density at radius 3 is 2.74 bits per heavy atom. The van der Waals surface area contributed by atoms with Gasteiger partial charge in [0, 0.05) is 29.7 Å². The van der Waals surface area contributed by atoms with Gasteiger partial charge in [-0.25, -0.2) is 4.98 Å². The van der Waals surface area contributed by atoms with Gasteiger partial charge in [0.1, 0.15) is 17.3 Å². The number of aromatic nitrogens is 2. The van der Waals surface area contributed by atoms with Gasteiger partial charge in [-0.05, 0) is 42.5 Å². The molecular formula is C25H24N4O5S. The molecule has 4 rings (SSSR count). The molecule has 2 N–H and O–H groups in total. The number of hydrogen-bond acceptors (Lipinski definition) is 7. The second kappa shape index (κ2) is 11.3. The van der Waals surface area contributed by atoms with E-state index >= 15 is 0 Å². The Bertz CT molecular complexity index is 1300. The number of carbonyl (C=O) groups excluding carboxylic acids is 2. The number of hydrogen-bond donors (Lipinski definition) is 2. The Morgan fingerprint density at radius 2 is 1.97 bits per heavy atom. The second-order valence-corrected chi connectivity index (χ2v) is 8.24. The summed E-state index contributed by atoms with van der Waals surface area (Å²) in [4.78, 5) is 29.5. The van der Waals surface area contributed by atoms with Crippen LogP contribution in [0.3, 0.4) is 0 Å². The Hall–Kier alpha value is -4.18. The summed E-state index contributed by atoms with van der Waals surface area (Å²) in [5.41, 5.74) is 1.81. The molecule has 2 heterocycles. The smallest absolute Gasteiger partial charge is 0.251 e. The minimum absolute atomic E-state index is 0.134. The molecule has 0 fully saturated rings. The molecule has 10 heteroatoms. The lowest BCUT2D eigenvalue weighted by atomic mass is 10.2. The first-order valence-corrected chi connectivity index (χ1v) is 11.6. The lowest BCUT2D eigenvalue weighted by Crippen LogP contribution is -2.22. The predicted octanol–water partition coefficient (Wildman–Crippen LogP) is 4.14. The van der Waals surface area contributed by atoms with E-state index in [1.807, 2.05) is 10.6 Å². The van der Waals surface area contributed by atoms with Crippen molar-refractivity contribution in [3.8, 4) is 17.2 Å². The number of nitrogens with zero attached hydrogens (tertiary/aromatic N) is 2. The van der Waals surface area contributed by atoms with E-state index in [-0.39, 0.29) is 17.6 Å². The van der Waals surface area contributed by atoms with Crippen LogP contribution in [-0.4, -0.2) is 41.3 Å². The third kappa shape index (κ3) is 6.04. The summed E-state index contributed by atoms with van der Waals surface area (Å²) in [7, 11) is 3.09. The van der Waals surface area contributed by atoms with E-state index in [2.05, 4.69) is 15.6 Å². The summed E-state index contributed by atoms with van der Waals surface area (Å²) in [6.07, 6.45) is 5.00. The first kappa shape index (κ1) is 24.0. The maximum Gasteiger partial charge on any atom is 0.251 e. The van der Waals surface area contributed by atoms with E-state index in [1.165, 1.54) is 18.9 Å². The minimum atomic E-state index is -0.217. The standard InChI is InChI=1S/C25H24N4O5S/c1-32-19-8-9-21(22(14-19)33-2)28-23(30)16-35-25-26-10-11-29(25)18-6-3-5-17(13-18)24(31)27-15-20-7-4-12-34-20/h3-14H,15-16H2,1-2H3,(H,27,31)(H,28,30). The van der Waals surface area contributed by atoms with Crippen molar-refractivity contribution in [2.75, 3.05) is 25.3 Å². The van der Waals surface area contributed by atoms with Gasteiger partial charge in [0.2, 0.25) is 5.91 Å². The van der Waals surface area contributed by atoms with Crippen molar-refractivity contribution in [2.24, 2.45) is 0 Å². The highest BCUT2D eigenvalue weighted by molar-refractivity contribution is 7.99. The van der Waals surface area contributed by atoms with Gasteiger partial charge in [0.25, 0.3) is 5.91 Å². The highest BCUT2D eigenvalue weighted by atomic mass is 32.2. The molecule has 0 saturated carbocycles. The zero-order valence-electron chi connectivity index (χ0n) is 19.2. The van der Waals surface area contributed by atoms with Gasteiger partial charge in [-0.3, -0.25) is 14.2 Å². The molecule has 0 spiro atoms. The Balaban J connectivity index is 1.39. The molecule has 2 aromatic heterocycles. The van der Waals surface area contributed by atoms with Crippen LogP contribution in [0, 0.1) is 0 Å². The van der Waals surface area contributed by atoms with Crippen molar-refractivity contribution < 1.29 is 23.5 Å². The van der Waals surface area contributed by atoms with Gasteiger partial charge in [-0.15, -0.1) is 0 Å². The van der Waals surface area contributed by atoms with Crippen molar-refractivity contribution in [1.29, 1.82) is 0 Å². The van der Waals surface area contributed by atoms with Crippen LogP contribution in [0.5, 0.6) is 11.5 Å². The van der Waals surface area contributed by atoms with Gasteiger partial charge in [-0.2, -0.15) is 0 Å². The van der Waals surface area contributed by atoms with Crippen LogP contribution in [0.1, 0.15) is 16.1 Å². The van der Waals surface area contributed by atoms with Crippen LogP contribution < -0.4 is 20.1 Å². The normalized spacial score (nSPS) is 10.6. The fourth-order valence-electron chi connectivity index (χ4n) is 3.29. The molecule has 0 bridgehead atoms. The SMILES string of the molecule is COc1ccc(NC(=O)CSc2nccn2-c2cccc(C(=O)NCc3ccco3)c2)c(OC)c1. The van der Waals surface area contributed by atoms with Crippen LogP contribution in [-0.2, 0) is 11.3 Å². The summed E-state index contributed by atoms with van der Waals surface area (Å²) in [5, 5.41) is 6.30. The van der Waals surface area contributed by atoms with Gasteiger partial charge >= 0.3 is 0 Å². The lowest BCUT2D eigenvalue weighted by Gasteiger charge is -2.12. The van der Waals surface area contributed by atoms with Crippen molar-refractivity contribution in [3.63, 3.8) is 0 Å². The quantitative estimate of drug-likeness (QED) is 0.320. The van der Waals surface area contributed by atoms with Crippen LogP contribution in [0.25, 0.3) is 5.69 Å². The molecular weight excluding hydrogens is 468 g/mol. The van der Waals surface area contributed by atoms with Gasteiger partial charge in [0.05, 0.1) is 38.5 Å².